The van der Waals surface area contributed by atoms with Gasteiger partial charge in [-0.25, -0.2) is 0 Å². The maximum atomic E-state index is 5.75. The minimum atomic E-state index is 0.716. The van der Waals surface area contributed by atoms with E-state index in [1.807, 2.05) is 0 Å². The first-order valence-corrected chi connectivity index (χ1v) is 8.01. The molecule has 2 heteroatoms. The van der Waals surface area contributed by atoms with Crippen LogP contribution in [0.2, 0.25) is 0 Å². The third kappa shape index (κ3) is 4.04. The normalized spacial score (nSPS) is 14.4. The zero-order valence-corrected chi connectivity index (χ0v) is 13.0. The van der Waals surface area contributed by atoms with Crippen molar-refractivity contribution in [3.63, 3.8) is 0 Å². The van der Waals surface area contributed by atoms with Crippen LogP contribution in [0, 0.1) is 6.92 Å². The highest BCUT2D eigenvalue weighted by molar-refractivity contribution is 7.80. The van der Waals surface area contributed by atoms with Crippen LogP contribution in [0.15, 0.2) is 24.3 Å². The number of benzene rings is 1. The Morgan fingerprint density at radius 2 is 1.95 bits per heavy atom. The van der Waals surface area contributed by atoms with Gasteiger partial charge in [0, 0.05) is 18.2 Å². The summed E-state index contributed by atoms with van der Waals surface area (Å²) in [6.07, 6.45) is 7.88. The van der Waals surface area contributed by atoms with Crippen LogP contribution in [0.3, 0.4) is 0 Å². The number of hydrogen-bond donors (Lipinski definition) is 0. The van der Waals surface area contributed by atoms with Crippen LogP contribution in [0.25, 0.3) is 0 Å². The second kappa shape index (κ2) is 7.04. The van der Waals surface area contributed by atoms with Gasteiger partial charge in [0.05, 0.1) is 0 Å². The molecule has 0 N–H and O–H groups in total. The van der Waals surface area contributed by atoms with Crippen molar-refractivity contribution in [3.8, 4) is 0 Å². The maximum absolute atomic E-state index is 5.75. The van der Waals surface area contributed by atoms with Gasteiger partial charge in [-0.3, -0.25) is 0 Å². The molecule has 1 saturated carbocycles. The van der Waals surface area contributed by atoms with Gasteiger partial charge in [0.15, 0.2) is 0 Å². The summed E-state index contributed by atoms with van der Waals surface area (Å²) in [6.45, 7) is 5.55. The third-order valence-corrected chi connectivity index (χ3v) is 4.33. The van der Waals surface area contributed by atoms with Crippen molar-refractivity contribution in [2.45, 2.75) is 58.4 Å². The zero-order chi connectivity index (χ0) is 13.7. The molecule has 0 radical (unpaired) electrons. The van der Waals surface area contributed by atoms with Crippen molar-refractivity contribution in [1.82, 2.24) is 4.90 Å². The Morgan fingerprint density at radius 3 is 2.58 bits per heavy atom. The second-order valence-corrected chi connectivity index (χ2v) is 5.99. The fourth-order valence-electron chi connectivity index (χ4n) is 2.51. The first kappa shape index (κ1) is 14.5. The quantitative estimate of drug-likeness (QED) is 0.523. The molecule has 0 bridgehead atoms. The van der Waals surface area contributed by atoms with E-state index >= 15 is 0 Å². The van der Waals surface area contributed by atoms with E-state index in [0.717, 1.165) is 11.5 Å². The van der Waals surface area contributed by atoms with Crippen LogP contribution >= 0.6 is 12.2 Å². The SMILES string of the molecule is CCCCCCN(C(=S)c1ccccc1C)C1CC1. The summed E-state index contributed by atoms with van der Waals surface area (Å²) < 4.78 is 0. The number of hydrogen-bond acceptors (Lipinski definition) is 1. The van der Waals surface area contributed by atoms with E-state index in [-0.39, 0.29) is 0 Å². The van der Waals surface area contributed by atoms with Crippen LogP contribution in [-0.2, 0) is 0 Å². The van der Waals surface area contributed by atoms with Crippen molar-refractivity contribution in [2.75, 3.05) is 6.54 Å². The van der Waals surface area contributed by atoms with Gasteiger partial charge < -0.3 is 4.90 Å². The van der Waals surface area contributed by atoms with Gasteiger partial charge in [-0.2, -0.15) is 0 Å². The van der Waals surface area contributed by atoms with Crippen molar-refractivity contribution >= 4 is 17.2 Å². The van der Waals surface area contributed by atoms with Crippen LogP contribution < -0.4 is 0 Å². The summed E-state index contributed by atoms with van der Waals surface area (Å²) in [5.74, 6) is 0. The standard InChI is InChI=1S/C17H25NS/c1-3-4-5-8-13-18(15-11-12-15)17(19)16-10-7-6-9-14(16)2/h6-7,9-10,15H,3-5,8,11-13H2,1-2H3. The van der Waals surface area contributed by atoms with Gasteiger partial charge in [0.1, 0.15) is 4.99 Å². The molecule has 1 fully saturated rings. The molecule has 0 heterocycles. The second-order valence-electron chi connectivity index (χ2n) is 5.61. The van der Waals surface area contributed by atoms with Crippen LogP contribution in [0.1, 0.15) is 56.6 Å². The number of thiocarbonyl (C=S) groups is 1. The summed E-state index contributed by atoms with van der Waals surface area (Å²) in [4.78, 5) is 3.55. The van der Waals surface area contributed by atoms with Crippen molar-refractivity contribution in [2.24, 2.45) is 0 Å². The minimum Gasteiger partial charge on any atom is -0.359 e. The number of nitrogens with zero attached hydrogens (tertiary/aromatic N) is 1. The zero-order valence-electron chi connectivity index (χ0n) is 12.2. The Bertz CT molecular complexity index is 423. The molecule has 0 unspecified atom stereocenters. The number of rotatable bonds is 7. The lowest BCUT2D eigenvalue weighted by Gasteiger charge is -2.26. The Labute approximate surface area is 123 Å². The summed E-state index contributed by atoms with van der Waals surface area (Å²) in [7, 11) is 0. The van der Waals surface area contributed by atoms with E-state index in [1.165, 1.54) is 49.7 Å². The maximum Gasteiger partial charge on any atom is 0.109 e. The highest BCUT2D eigenvalue weighted by atomic mass is 32.1. The van der Waals surface area contributed by atoms with Gasteiger partial charge in [-0.15, -0.1) is 0 Å². The highest BCUT2D eigenvalue weighted by Gasteiger charge is 2.30. The largest absolute Gasteiger partial charge is 0.359 e. The van der Waals surface area contributed by atoms with Crippen molar-refractivity contribution in [1.29, 1.82) is 0 Å². The lowest BCUT2D eigenvalue weighted by molar-refractivity contribution is 0.399. The van der Waals surface area contributed by atoms with Gasteiger partial charge in [-0.05, 0) is 31.7 Å². The molecule has 1 aliphatic rings. The number of aryl methyl sites for hydroxylation is 1. The van der Waals surface area contributed by atoms with Crippen LogP contribution in [0.5, 0.6) is 0 Å². The first-order chi connectivity index (χ1) is 9.24. The minimum absolute atomic E-state index is 0.716. The monoisotopic (exact) mass is 275 g/mol. The van der Waals surface area contributed by atoms with Crippen molar-refractivity contribution < 1.29 is 0 Å². The lowest BCUT2D eigenvalue weighted by atomic mass is 10.1. The Balaban J connectivity index is 1.99. The number of unbranched alkanes of at least 4 members (excludes halogenated alkanes) is 3. The molecule has 19 heavy (non-hydrogen) atoms. The van der Waals surface area contributed by atoms with Gasteiger partial charge in [-0.1, -0.05) is 62.7 Å². The average Bonchev–Trinajstić information content (AvgIpc) is 3.23. The Morgan fingerprint density at radius 1 is 1.21 bits per heavy atom. The molecular weight excluding hydrogens is 250 g/mol. The molecular formula is C17H25NS. The molecule has 0 amide bonds. The Hall–Kier alpha value is -0.890. The van der Waals surface area contributed by atoms with E-state index in [1.54, 1.807) is 0 Å². The molecule has 1 aliphatic carbocycles. The summed E-state index contributed by atoms with van der Waals surface area (Å²) in [6, 6.07) is 9.22. The van der Waals surface area contributed by atoms with Crippen LogP contribution in [-0.4, -0.2) is 22.5 Å². The molecule has 0 spiro atoms. The topological polar surface area (TPSA) is 3.24 Å². The smallest absolute Gasteiger partial charge is 0.109 e. The Kier molecular flexibility index (Phi) is 5.38. The van der Waals surface area contributed by atoms with E-state index < -0.39 is 0 Å². The fraction of sp³-hybridized carbons (Fsp3) is 0.588. The van der Waals surface area contributed by atoms with Gasteiger partial charge in [0.2, 0.25) is 0 Å². The summed E-state index contributed by atoms with van der Waals surface area (Å²) >= 11 is 5.75. The molecule has 0 atom stereocenters. The van der Waals surface area contributed by atoms with E-state index in [4.69, 9.17) is 12.2 Å². The molecule has 104 valence electrons. The van der Waals surface area contributed by atoms with Gasteiger partial charge in [0.25, 0.3) is 0 Å². The fourth-order valence-corrected chi connectivity index (χ4v) is 2.98. The molecule has 0 aromatic heterocycles. The molecule has 1 aromatic carbocycles. The van der Waals surface area contributed by atoms with E-state index in [0.29, 0.717) is 6.04 Å². The van der Waals surface area contributed by atoms with Gasteiger partial charge >= 0.3 is 0 Å². The predicted octanol–water partition coefficient (Wildman–Crippen LogP) is 4.72. The highest BCUT2D eigenvalue weighted by Crippen LogP contribution is 2.29. The van der Waals surface area contributed by atoms with Crippen molar-refractivity contribution in [3.05, 3.63) is 35.4 Å². The average molecular weight is 275 g/mol. The third-order valence-electron chi connectivity index (χ3n) is 3.88. The molecule has 0 saturated heterocycles. The van der Waals surface area contributed by atoms with Crippen LogP contribution in [0.4, 0.5) is 0 Å². The summed E-state index contributed by atoms with van der Waals surface area (Å²) in [5, 5.41) is 0. The molecule has 2 rings (SSSR count). The predicted molar refractivity (Wildman–Crippen MR) is 86.7 cm³/mol. The molecule has 1 aromatic rings. The molecule has 1 nitrogen and oxygen atoms in total. The van der Waals surface area contributed by atoms with E-state index in [9.17, 15) is 0 Å². The summed E-state index contributed by atoms with van der Waals surface area (Å²) in [5.41, 5.74) is 2.55. The molecule has 0 aliphatic heterocycles. The first-order valence-electron chi connectivity index (χ1n) is 7.60. The van der Waals surface area contributed by atoms with E-state index in [2.05, 4.69) is 43.0 Å². The lowest BCUT2D eigenvalue weighted by Crippen LogP contribution is -2.33.